The van der Waals surface area contributed by atoms with Gasteiger partial charge in [-0.3, -0.25) is 9.59 Å². The maximum absolute atomic E-state index is 11.7. The number of hydrogen-bond donors (Lipinski definition) is 1. The minimum absolute atomic E-state index is 0.140. The Hall–Kier alpha value is -2.13. The summed E-state index contributed by atoms with van der Waals surface area (Å²) < 4.78 is 0. The molecular weight excluding hydrogens is 262 g/mol. The molecular formula is C13H13N3O2S. The molecule has 0 radical (unpaired) electrons. The van der Waals surface area contributed by atoms with Crippen molar-refractivity contribution in [3.05, 3.63) is 29.2 Å². The Bertz CT molecular complexity index is 550. The molecule has 0 saturated carbocycles. The highest BCUT2D eigenvalue weighted by Gasteiger charge is 2.15. The lowest BCUT2D eigenvalue weighted by atomic mass is 10.3. The number of carbonyl (C=O) groups is 2. The first-order valence-corrected chi connectivity index (χ1v) is 6.84. The number of likely N-dealkylation sites (tertiary alicyclic amines) is 1. The van der Waals surface area contributed by atoms with Gasteiger partial charge in [0, 0.05) is 25.2 Å². The highest BCUT2D eigenvalue weighted by Crippen LogP contribution is 2.21. The molecule has 0 aliphatic carbocycles. The fourth-order valence-corrected chi connectivity index (χ4v) is 2.58. The van der Waals surface area contributed by atoms with E-state index in [1.807, 2.05) is 6.07 Å². The van der Waals surface area contributed by atoms with Gasteiger partial charge in [0.05, 0.1) is 5.56 Å². The number of nitrogens with zero attached hydrogens (tertiary/aromatic N) is 2. The fraction of sp³-hybridized carbons (Fsp3) is 0.308. The van der Waals surface area contributed by atoms with E-state index in [0.717, 1.165) is 25.9 Å². The Morgan fingerprint density at radius 3 is 2.79 bits per heavy atom. The van der Waals surface area contributed by atoms with Crippen molar-refractivity contribution in [3.63, 3.8) is 0 Å². The smallest absolute Gasteiger partial charge is 0.249 e. The number of rotatable bonds is 3. The molecule has 1 aromatic rings. The van der Waals surface area contributed by atoms with E-state index >= 15 is 0 Å². The van der Waals surface area contributed by atoms with Gasteiger partial charge in [-0.15, -0.1) is 11.3 Å². The maximum Gasteiger partial charge on any atom is 0.249 e. The Morgan fingerprint density at radius 1 is 1.37 bits per heavy atom. The number of nitriles is 1. The molecule has 0 spiro atoms. The van der Waals surface area contributed by atoms with Crippen LogP contribution in [-0.2, 0) is 9.59 Å². The topological polar surface area (TPSA) is 73.2 Å². The summed E-state index contributed by atoms with van der Waals surface area (Å²) in [7, 11) is 0. The van der Waals surface area contributed by atoms with Crippen molar-refractivity contribution in [2.45, 2.75) is 12.8 Å². The number of thiophene rings is 1. The summed E-state index contributed by atoms with van der Waals surface area (Å²) >= 11 is 1.28. The minimum Gasteiger partial charge on any atom is -0.339 e. The van der Waals surface area contributed by atoms with Crippen LogP contribution in [0.15, 0.2) is 23.6 Å². The van der Waals surface area contributed by atoms with Crippen molar-refractivity contribution < 1.29 is 9.59 Å². The largest absolute Gasteiger partial charge is 0.339 e. The van der Waals surface area contributed by atoms with Crippen LogP contribution in [-0.4, -0.2) is 29.8 Å². The molecule has 0 bridgehead atoms. The third-order valence-corrected chi connectivity index (χ3v) is 3.65. The van der Waals surface area contributed by atoms with Crippen LogP contribution in [0.3, 0.4) is 0 Å². The highest BCUT2D eigenvalue weighted by atomic mass is 32.1. The van der Waals surface area contributed by atoms with Gasteiger partial charge in [0.15, 0.2) is 0 Å². The van der Waals surface area contributed by atoms with E-state index in [2.05, 4.69) is 5.32 Å². The molecule has 19 heavy (non-hydrogen) atoms. The summed E-state index contributed by atoms with van der Waals surface area (Å²) in [5.74, 6) is -0.536. The van der Waals surface area contributed by atoms with E-state index in [9.17, 15) is 9.59 Å². The Morgan fingerprint density at radius 2 is 2.11 bits per heavy atom. The second-order valence-electron chi connectivity index (χ2n) is 4.13. The molecule has 2 rings (SSSR count). The normalized spacial score (nSPS) is 14.6. The molecule has 2 amide bonds. The molecule has 0 aromatic carbocycles. The predicted molar refractivity (Wildman–Crippen MR) is 72.6 cm³/mol. The molecule has 1 N–H and O–H groups in total. The highest BCUT2D eigenvalue weighted by molar-refractivity contribution is 7.14. The molecule has 1 aromatic heterocycles. The number of amides is 2. The monoisotopic (exact) mass is 275 g/mol. The van der Waals surface area contributed by atoms with Gasteiger partial charge in [-0.2, -0.15) is 5.26 Å². The van der Waals surface area contributed by atoms with E-state index in [0.29, 0.717) is 10.6 Å². The molecule has 1 aliphatic rings. The summed E-state index contributed by atoms with van der Waals surface area (Å²) in [6.45, 7) is 1.52. The van der Waals surface area contributed by atoms with Gasteiger partial charge in [0.2, 0.25) is 11.8 Å². The van der Waals surface area contributed by atoms with Crippen LogP contribution in [0, 0.1) is 11.3 Å². The molecule has 0 atom stereocenters. The van der Waals surface area contributed by atoms with Crippen LogP contribution in [0.25, 0.3) is 0 Å². The third kappa shape index (κ3) is 3.42. The summed E-state index contributed by atoms with van der Waals surface area (Å²) in [5, 5.41) is 13.6. The third-order valence-electron chi connectivity index (χ3n) is 2.82. The first-order chi connectivity index (χ1) is 9.20. The molecule has 1 fully saturated rings. The second-order valence-corrected chi connectivity index (χ2v) is 5.05. The van der Waals surface area contributed by atoms with Crippen molar-refractivity contribution in [2.75, 3.05) is 18.4 Å². The summed E-state index contributed by atoms with van der Waals surface area (Å²) in [6.07, 6.45) is 4.53. The van der Waals surface area contributed by atoms with Gasteiger partial charge in [0.25, 0.3) is 0 Å². The lowest BCUT2D eigenvalue weighted by Gasteiger charge is -2.11. The standard InChI is InChI=1S/C13H13N3O2S/c14-9-10-5-8-19-13(10)15-11(17)3-4-12(18)16-6-1-2-7-16/h3-5,8H,1-2,6-7H2,(H,15,17). The summed E-state index contributed by atoms with van der Waals surface area (Å²) in [6, 6.07) is 3.63. The van der Waals surface area contributed by atoms with Crippen molar-refractivity contribution in [1.82, 2.24) is 4.90 Å². The molecule has 0 unspecified atom stereocenters. The summed E-state index contributed by atoms with van der Waals surface area (Å²) in [5.41, 5.74) is 0.428. The van der Waals surface area contributed by atoms with Gasteiger partial charge in [0.1, 0.15) is 11.1 Å². The van der Waals surface area contributed by atoms with Crippen LogP contribution in [0.2, 0.25) is 0 Å². The van der Waals surface area contributed by atoms with Crippen LogP contribution in [0.1, 0.15) is 18.4 Å². The minimum atomic E-state index is -0.397. The number of hydrogen-bond acceptors (Lipinski definition) is 4. The zero-order chi connectivity index (χ0) is 13.7. The average molecular weight is 275 g/mol. The summed E-state index contributed by atoms with van der Waals surface area (Å²) in [4.78, 5) is 25.0. The molecule has 98 valence electrons. The van der Waals surface area contributed by atoms with Crippen LogP contribution in [0.5, 0.6) is 0 Å². The van der Waals surface area contributed by atoms with Crippen molar-refractivity contribution in [1.29, 1.82) is 5.26 Å². The quantitative estimate of drug-likeness (QED) is 0.854. The van der Waals surface area contributed by atoms with E-state index in [1.54, 1.807) is 16.3 Å². The van der Waals surface area contributed by atoms with Crippen LogP contribution < -0.4 is 5.32 Å². The molecule has 5 nitrogen and oxygen atoms in total. The van der Waals surface area contributed by atoms with E-state index in [1.165, 1.54) is 23.5 Å². The van der Waals surface area contributed by atoms with Crippen molar-refractivity contribution in [2.24, 2.45) is 0 Å². The van der Waals surface area contributed by atoms with Gasteiger partial charge in [-0.1, -0.05) is 0 Å². The first-order valence-electron chi connectivity index (χ1n) is 5.96. The zero-order valence-electron chi connectivity index (χ0n) is 10.3. The molecule has 2 heterocycles. The van der Waals surface area contributed by atoms with Gasteiger partial charge < -0.3 is 10.2 Å². The fourth-order valence-electron chi connectivity index (χ4n) is 1.84. The van der Waals surface area contributed by atoms with Crippen molar-refractivity contribution in [3.8, 4) is 6.07 Å². The molecule has 1 saturated heterocycles. The maximum atomic E-state index is 11.7. The Kier molecular flexibility index (Phi) is 4.31. The van der Waals surface area contributed by atoms with E-state index in [4.69, 9.17) is 5.26 Å². The zero-order valence-corrected chi connectivity index (χ0v) is 11.1. The number of nitrogens with one attached hydrogen (secondary N) is 1. The Labute approximate surface area is 115 Å². The average Bonchev–Trinajstić information content (AvgIpc) is 3.06. The van der Waals surface area contributed by atoms with Gasteiger partial charge >= 0.3 is 0 Å². The Balaban J connectivity index is 1.90. The molecule has 1 aliphatic heterocycles. The van der Waals surface area contributed by atoms with E-state index < -0.39 is 5.91 Å². The lowest BCUT2D eigenvalue weighted by Crippen LogP contribution is -2.25. The van der Waals surface area contributed by atoms with Crippen molar-refractivity contribution >= 4 is 28.2 Å². The van der Waals surface area contributed by atoms with Gasteiger partial charge in [-0.05, 0) is 24.3 Å². The van der Waals surface area contributed by atoms with Gasteiger partial charge in [-0.25, -0.2) is 0 Å². The second kappa shape index (κ2) is 6.16. The first kappa shape index (κ1) is 13.3. The lowest BCUT2D eigenvalue weighted by molar-refractivity contribution is -0.125. The molecule has 6 heteroatoms. The number of anilines is 1. The predicted octanol–water partition coefficient (Wildman–Crippen LogP) is 1.74. The SMILES string of the molecule is N#Cc1ccsc1NC(=O)C=CC(=O)N1CCCC1. The number of carbonyl (C=O) groups excluding carboxylic acids is 2. The van der Waals surface area contributed by atoms with Crippen LogP contribution in [0.4, 0.5) is 5.00 Å². The van der Waals surface area contributed by atoms with Crippen LogP contribution >= 0.6 is 11.3 Å². The van der Waals surface area contributed by atoms with E-state index in [-0.39, 0.29) is 5.91 Å².